The number of phenols is 1. The molecule has 0 amide bonds. The molecule has 1 heterocycles. The molecule has 0 fully saturated rings. The fourth-order valence-electron chi connectivity index (χ4n) is 2.26. The van der Waals surface area contributed by atoms with Gasteiger partial charge in [-0.1, -0.05) is 12.1 Å². The van der Waals surface area contributed by atoms with Crippen molar-refractivity contribution in [3.8, 4) is 17.2 Å². The van der Waals surface area contributed by atoms with Gasteiger partial charge in [0.15, 0.2) is 11.5 Å². The number of halogens is 1. The molecule has 1 aliphatic rings. The van der Waals surface area contributed by atoms with Crippen LogP contribution < -0.4 is 9.47 Å². The number of hydrogen-bond acceptors (Lipinski definition) is 5. The van der Waals surface area contributed by atoms with Crippen molar-refractivity contribution in [2.24, 2.45) is 0 Å². The highest BCUT2D eigenvalue weighted by Crippen LogP contribution is 2.34. The minimum absolute atomic E-state index is 0.00779. The number of benzene rings is 2. The molecule has 0 saturated carbocycles. The number of para-hydroxylation sites is 1. The maximum absolute atomic E-state index is 13.3. The molecule has 0 aromatic heterocycles. The second-order valence-electron chi connectivity index (χ2n) is 4.82. The summed E-state index contributed by atoms with van der Waals surface area (Å²) in [6.07, 6.45) is 1.19. The molecule has 0 aliphatic carbocycles. The Labute approximate surface area is 130 Å². The normalized spacial score (nSPS) is 15.3. The van der Waals surface area contributed by atoms with Gasteiger partial charge in [-0.3, -0.25) is 4.79 Å². The zero-order valence-corrected chi connectivity index (χ0v) is 12.0. The first kappa shape index (κ1) is 14.8. The molecule has 116 valence electrons. The van der Waals surface area contributed by atoms with Crippen molar-refractivity contribution in [3.63, 3.8) is 0 Å². The zero-order chi connectivity index (χ0) is 16.6. The van der Waals surface area contributed by atoms with E-state index < -0.39 is 17.6 Å². The summed E-state index contributed by atoms with van der Waals surface area (Å²) in [6, 6.07) is 7.96. The van der Waals surface area contributed by atoms with Crippen LogP contribution in [0.3, 0.4) is 0 Å². The van der Waals surface area contributed by atoms with E-state index in [-0.39, 0.29) is 33.9 Å². The average molecular weight is 314 g/mol. The van der Waals surface area contributed by atoms with E-state index in [2.05, 4.69) is 0 Å². The van der Waals surface area contributed by atoms with Gasteiger partial charge in [0, 0.05) is 5.56 Å². The largest absolute Gasteiger partial charge is 0.504 e. The van der Waals surface area contributed by atoms with Crippen LogP contribution in [0.15, 0.2) is 42.0 Å². The van der Waals surface area contributed by atoms with E-state index in [1.165, 1.54) is 31.4 Å². The van der Waals surface area contributed by atoms with Gasteiger partial charge in [-0.2, -0.15) is 0 Å². The second kappa shape index (κ2) is 5.57. The molecule has 0 unspecified atom stereocenters. The summed E-state index contributed by atoms with van der Waals surface area (Å²) >= 11 is 0. The van der Waals surface area contributed by atoms with Crippen LogP contribution in [-0.4, -0.2) is 24.0 Å². The number of fused-ring (bicyclic) bond motifs is 1. The summed E-state index contributed by atoms with van der Waals surface area (Å²) in [5.41, 5.74) is -0.130. The van der Waals surface area contributed by atoms with Crippen LogP contribution >= 0.6 is 0 Å². The fraction of sp³-hybridized carbons (Fsp3) is 0.0588. The van der Waals surface area contributed by atoms with Crippen LogP contribution in [0.2, 0.25) is 0 Å². The van der Waals surface area contributed by atoms with Crippen molar-refractivity contribution >= 4 is 17.8 Å². The molecule has 0 spiro atoms. The number of Topliss-reactive ketones (excluding diaryl/α,β-unsaturated/α-hetero) is 1. The smallest absolute Gasteiger partial charge is 0.347 e. The second-order valence-corrected chi connectivity index (χ2v) is 4.82. The maximum atomic E-state index is 13.3. The average Bonchev–Trinajstić information content (AvgIpc) is 2.54. The third kappa shape index (κ3) is 2.55. The fourth-order valence-corrected chi connectivity index (χ4v) is 2.26. The van der Waals surface area contributed by atoms with E-state index in [9.17, 15) is 19.1 Å². The minimum atomic E-state index is -0.865. The van der Waals surface area contributed by atoms with E-state index in [0.717, 1.165) is 12.1 Å². The Balaban J connectivity index is 2.10. The molecule has 2 aromatic carbocycles. The number of esters is 1. The van der Waals surface area contributed by atoms with Crippen LogP contribution in [0.25, 0.3) is 6.08 Å². The number of carbonyl (C=O) groups excluding carboxylic acids is 2. The number of ketones is 1. The number of methoxy groups -OCH3 is 1. The lowest BCUT2D eigenvalue weighted by Gasteiger charge is -2.17. The lowest BCUT2D eigenvalue weighted by Crippen LogP contribution is -2.25. The molecule has 0 saturated heterocycles. The van der Waals surface area contributed by atoms with E-state index >= 15 is 0 Å². The van der Waals surface area contributed by atoms with Crippen LogP contribution in [0.4, 0.5) is 4.39 Å². The molecule has 0 atom stereocenters. The van der Waals surface area contributed by atoms with Gasteiger partial charge in [0.1, 0.15) is 17.1 Å². The van der Waals surface area contributed by atoms with E-state index in [1.54, 1.807) is 6.07 Å². The maximum Gasteiger partial charge on any atom is 0.347 e. The summed E-state index contributed by atoms with van der Waals surface area (Å²) < 4.78 is 23.3. The lowest BCUT2D eigenvalue weighted by molar-refractivity contribution is -0.130. The van der Waals surface area contributed by atoms with Crippen molar-refractivity contribution < 1.29 is 28.6 Å². The van der Waals surface area contributed by atoms with Gasteiger partial charge in [-0.15, -0.1) is 0 Å². The third-order valence-corrected chi connectivity index (χ3v) is 3.40. The Hall–Kier alpha value is -3.15. The highest BCUT2D eigenvalue weighted by Gasteiger charge is 2.31. The van der Waals surface area contributed by atoms with Gasteiger partial charge >= 0.3 is 5.97 Å². The quantitative estimate of drug-likeness (QED) is 0.399. The molecule has 0 radical (unpaired) electrons. The molecule has 23 heavy (non-hydrogen) atoms. The SMILES string of the molecule is COc1cccc(/C=C2\C(=O)Oc3ccc(F)cc3C2=O)c1O. The topological polar surface area (TPSA) is 72.8 Å². The summed E-state index contributed by atoms with van der Waals surface area (Å²) in [5, 5.41) is 10.0. The molecule has 1 N–H and O–H groups in total. The third-order valence-electron chi connectivity index (χ3n) is 3.40. The molecule has 1 aliphatic heterocycles. The molecule has 2 aromatic rings. The lowest BCUT2D eigenvalue weighted by atomic mass is 9.97. The zero-order valence-electron chi connectivity index (χ0n) is 12.0. The van der Waals surface area contributed by atoms with E-state index in [4.69, 9.17) is 9.47 Å². The number of carbonyl (C=O) groups is 2. The van der Waals surface area contributed by atoms with Crippen LogP contribution in [0.5, 0.6) is 17.2 Å². The van der Waals surface area contributed by atoms with Crippen molar-refractivity contribution in [1.29, 1.82) is 0 Å². The van der Waals surface area contributed by atoms with Gasteiger partial charge in [0.2, 0.25) is 5.78 Å². The van der Waals surface area contributed by atoms with Crippen molar-refractivity contribution in [2.45, 2.75) is 0 Å². The van der Waals surface area contributed by atoms with Crippen LogP contribution in [0, 0.1) is 5.82 Å². The van der Waals surface area contributed by atoms with E-state index in [0.29, 0.717) is 0 Å². The standard InChI is InChI=1S/C17H11FO5/c1-22-14-4-2-3-9(15(14)19)7-12-16(20)11-8-10(18)5-6-13(11)23-17(12)21/h2-8,19H,1H3/b12-7-. The van der Waals surface area contributed by atoms with Crippen LogP contribution in [0.1, 0.15) is 15.9 Å². The summed E-state index contributed by atoms with van der Waals surface area (Å²) in [6.45, 7) is 0. The molecule has 5 nitrogen and oxygen atoms in total. The van der Waals surface area contributed by atoms with Crippen molar-refractivity contribution in [1.82, 2.24) is 0 Å². The molecular formula is C17H11FO5. The number of ether oxygens (including phenoxy) is 2. The Morgan fingerprint density at radius 2 is 2.00 bits per heavy atom. The summed E-state index contributed by atoms with van der Waals surface area (Å²) in [7, 11) is 1.38. The predicted molar refractivity (Wildman–Crippen MR) is 79.0 cm³/mol. The summed E-state index contributed by atoms with van der Waals surface area (Å²) in [4.78, 5) is 24.4. The number of phenolic OH excluding ortho intramolecular Hbond substituents is 1. The Kier molecular flexibility index (Phi) is 3.57. The Bertz CT molecular complexity index is 854. The van der Waals surface area contributed by atoms with E-state index in [1.807, 2.05) is 0 Å². The summed E-state index contributed by atoms with van der Waals surface area (Å²) in [5.74, 6) is -2.16. The number of aromatic hydroxyl groups is 1. The van der Waals surface area contributed by atoms with Crippen LogP contribution in [-0.2, 0) is 4.79 Å². The van der Waals surface area contributed by atoms with Gasteiger partial charge in [0.25, 0.3) is 0 Å². The van der Waals surface area contributed by atoms with Crippen molar-refractivity contribution in [3.05, 3.63) is 58.9 Å². The first-order valence-corrected chi connectivity index (χ1v) is 6.65. The van der Waals surface area contributed by atoms with Gasteiger partial charge in [0.05, 0.1) is 12.7 Å². The Morgan fingerprint density at radius 3 is 2.74 bits per heavy atom. The molecular weight excluding hydrogens is 303 g/mol. The van der Waals surface area contributed by atoms with Gasteiger partial charge in [-0.05, 0) is 30.3 Å². The van der Waals surface area contributed by atoms with Crippen molar-refractivity contribution in [2.75, 3.05) is 7.11 Å². The Morgan fingerprint density at radius 1 is 1.22 bits per heavy atom. The first-order valence-electron chi connectivity index (χ1n) is 6.65. The molecule has 6 heteroatoms. The number of rotatable bonds is 2. The molecule has 0 bridgehead atoms. The highest BCUT2D eigenvalue weighted by atomic mass is 19.1. The first-order chi connectivity index (χ1) is 11.0. The van der Waals surface area contributed by atoms with Gasteiger partial charge in [-0.25, -0.2) is 9.18 Å². The number of hydrogen-bond donors (Lipinski definition) is 1. The predicted octanol–water partition coefficient (Wildman–Crippen LogP) is 2.73. The monoisotopic (exact) mass is 314 g/mol. The molecule has 3 rings (SSSR count). The van der Waals surface area contributed by atoms with Gasteiger partial charge < -0.3 is 14.6 Å². The minimum Gasteiger partial charge on any atom is -0.504 e. The highest BCUT2D eigenvalue weighted by molar-refractivity contribution is 6.30.